The van der Waals surface area contributed by atoms with Crippen LogP contribution in [0.5, 0.6) is 5.75 Å². The fraction of sp³-hybridized carbons (Fsp3) is 0.261. The fourth-order valence-corrected chi connectivity index (χ4v) is 3.26. The molecule has 2 N–H and O–H groups in total. The molecule has 162 valence electrons. The first-order chi connectivity index (χ1) is 14.9. The molecule has 0 unspecified atom stereocenters. The van der Waals surface area contributed by atoms with Crippen LogP contribution in [0.2, 0.25) is 0 Å². The van der Waals surface area contributed by atoms with Gasteiger partial charge in [-0.2, -0.15) is 0 Å². The lowest BCUT2D eigenvalue weighted by molar-refractivity contribution is -0.119. The van der Waals surface area contributed by atoms with Gasteiger partial charge in [-0.1, -0.05) is 6.07 Å². The van der Waals surface area contributed by atoms with Crippen molar-refractivity contribution in [3.63, 3.8) is 0 Å². The van der Waals surface area contributed by atoms with Crippen LogP contribution in [0.1, 0.15) is 17.5 Å². The Morgan fingerprint density at radius 1 is 1.00 bits per heavy atom. The largest absolute Gasteiger partial charge is 0.497 e. The molecule has 0 fully saturated rings. The lowest BCUT2D eigenvalue weighted by atomic mass is 10.0. The Labute approximate surface area is 179 Å². The molecule has 0 aliphatic rings. The fourth-order valence-electron chi connectivity index (χ4n) is 3.26. The highest BCUT2D eigenvalue weighted by atomic mass is 16.5. The van der Waals surface area contributed by atoms with E-state index in [0.29, 0.717) is 28.3 Å². The van der Waals surface area contributed by atoms with E-state index < -0.39 is 5.63 Å². The van der Waals surface area contributed by atoms with Gasteiger partial charge in [0.05, 0.1) is 7.11 Å². The summed E-state index contributed by atoms with van der Waals surface area (Å²) < 4.78 is 15.4. The molecule has 0 spiro atoms. The normalized spacial score (nSPS) is 10.7. The van der Waals surface area contributed by atoms with Gasteiger partial charge in [-0.05, 0) is 49.2 Å². The number of methoxy groups -OCH3 is 2. The highest BCUT2D eigenvalue weighted by Crippen LogP contribution is 2.24. The summed E-state index contributed by atoms with van der Waals surface area (Å²) in [6.07, 6.45) is 0.347. The zero-order valence-corrected chi connectivity index (χ0v) is 17.6. The number of carbonyl (C=O) groups is 2. The van der Waals surface area contributed by atoms with Gasteiger partial charge in [-0.25, -0.2) is 4.79 Å². The second kappa shape index (κ2) is 9.90. The summed E-state index contributed by atoms with van der Waals surface area (Å²) in [4.78, 5) is 36.5. The monoisotopic (exact) mass is 424 g/mol. The Hall–Kier alpha value is -3.65. The third-order valence-electron chi connectivity index (χ3n) is 4.80. The van der Waals surface area contributed by atoms with E-state index in [1.165, 1.54) is 7.11 Å². The molecule has 0 atom stereocenters. The molecule has 0 aliphatic heterocycles. The minimum absolute atomic E-state index is 0.0585. The van der Waals surface area contributed by atoms with Crippen molar-refractivity contribution < 1.29 is 23.5 Å². The maximum Gasteiger partial charge on any atom is 0.339 e. The van der Waals surface area contributed by atoms with Crippen LogP contribution in [-0.2, 0) is 20.7 Å². The molecule has 8 heteroatoms. The lowest BCUT2D eigenvalue weighted by Gasteiger charge is -2.10. The van der Waals surface area contributed by atoms with Crippen molar-refractivity contribution in [2.45, 2.75) is 19.8 Å². The first kappa shape index (κ1) is 22.0. The molecule has 3 aromatic rings. The SMILES string of the molecule is COCC(=O)Nc1cccc(NC(=O)CCc2c(C)c3ccc(OC)cc3oc2=O)c1. The van der Waals surface area contributed by atoms with Crippen LogP contribution in [0.15, 0.2) is 51.7 Å². The Morgan fingerprint density at radius 3 is 2.39 bits per heavy atom. The Kier molecular flexibility index (Phi) is 7.04. The van der Waals surface area contributed by atoms with Gasteiger partial charge in [0.15, 0.2) is 0 Å². The number of carbonyl (C=O) groups excluding carboxylic acids is 2. The minimum Gasteiger partial charge on any atom is -0.497 e. The minimum atomic E-state index is -0.464. The van der Waals surface area contributed by atoms with E-state index in [1.807, 2.05) is 13.0 Å². The number of fused-ring (bicyclic) bond motifs is 1. The quantitative estimate of drug-likeness (QED) is 0.538. The van der Waals surface area contributed by atoms with Crippen LogP contribution in [-0.4, -0.2) is 32.6 Å². The number of amides is 2. The number of nitrogens with one attached hydrogen (secondary N) is 2. The number of benzene rings is 2. The van der Waals surface area contributed by atoms with E-state index in [-0.39, 0.29) is 31.3 Å². The second-order valence-electron chi connectivity index (χ2n) is 6.97. The first-order valence-corrected chi connectivity index (χ1v) is 9.70. The third-order valence-corrected chi connectivity index (χ3v) is 4.80. The van der Waals surface area contributed by atoms with Crippen molar-refractivity contribution in [3.05, 3.63) is 64.0 Å². The van der Waals surface area contributed by atoms with Gasteiger partial charge in [0.1, 0.15) is 17.9 Å². The second-order valence-corrected chi connectivity index (χ2v) is 6.97. The third kappa shape index (κ3) is 5.49. The van der Waals surface area contributed by atoms with Gasteiger partial charge >= 0.3 is 5.63 Å². The maximum absolute atomic E-state index is 12.4. The standard InChI is InChI=1S/C23H24N2O6/c1-14-18-8-7-17(30-3)12-20(18)31-23(28)19(14)9-10-21(26)24-15-5-4-6-16(11-15)25-22(27)13-29-2/h4-8,11-12H,9-10,13H2,1-3H3,(H,24,26)(H,25,27). The van der Waals surface area contributed by atoms with Crippen molar-refractivity contribution in [1.82, 2.24) is 0 Å². The van der Waals surface area contributed by atoms with Crippen LogP contribution in [0, 0.1) is 6.92 Å². The van der Waals surface area contributed by atoms with E-state index in [2.05, 4.69) is 10.6 Å². The van der Waals surface area contributed by atoms with Crippen molar-refractivity contribution >= 4 is 34.2 Å². The highest BCUT2D eigenvalue weighted by molar-refractivity contribution is 5.94. The average Bonchev–Trinajstić information content (AvgIpc) is 2.73. The predicted molar refractivity (Wildman–Crippen MR) is 118 cm³/mol. The van der Waals surface area contributed by atoms with E-state index in [0.717, 1.165) is 10.9 Å². The lowest BCUT2D eigenvalue weighted by Crippen LogP contribution is -2.18. The topological polar surface area (TPSA) is 107 Å². The molecule has 2 aromatic carbocycles. The van der Waals surface area contributed by atoms with Crippen molar-refractivity contribution in [3.8, 4) is 5.75 Å². The number of rotatable bonds is 8. The van der Waals surface area contributed by atoms with Gasteiger partial charge in [-0.15, -0.1) is 0 Å². The number of hydrogen-bond acceptors (Lipinski definition) is 6. The predicted octanol–water partition coefficient (Wildman–Crippen LogP) is 3.27. The van der Waals surface area contributed by atoms with Gasteiger partial charge in [0.25, 0.3) is 0 Å². The van der Waals surface area contributed by atoms with Crippen LogP contribution in [0.3, 0.4) is 0 Å². The molecule has 31 heavy (non-hydrogen) atoms. The summed E-state index contributed by atoms with van der Waals surface area (Å²) in [5.74, 6) is 0.0546. The molecule has 1 aromatic heterocycles. The summed E-state index contributed by atoms with van der Waals surface area (Å²) in [7, 11) is 2.98. The van der Waals surface area contributed by atoms with Crippen LogP contribution < -0.4 is 21.0 Å². The van der Waals surface area contributed by atoms with Crippen LogP contribution in [0.4, 0.5) is 11.4 Å². The Balaban J connectivity index is 1.68. The van der Waals surface area contributed by atoms with E-state index in [9.17, 15) is 14.4 Å². The molecular weight excluding hydrogens is 400 g/mol. The summed E-state index contributed by atoms with van der Waals surface area (Å²) in [6, 6.07) is 12.1. The zero-order valence-electron chi connectivity index (χ0n) is 17.6. The van der Waals surface area contributed by atoms with Crippen LogP contribution in [0.25, 0.3) is 11.0 Å². The molecule has 0 radical (unpaired) electrons. The van der Waals surface area contributed by atoms with Gasteiger partial charge < -0.3 is 24.5 Å². The highest BCUT2D eigenvalue weighted by Gasteiger charge is 2.14. The number of hydrogen-bond donors (Lipinski definition) is 2. The van der Waals surface area contributed by atoms with Gasteiger partial charge in [0, 0.05) is 41.9 Å². The maximum atomic E-state index is 12.4. The van der Waals surface area contributed by atoms with Crippen molar-refractivity contribution in [2.24, 2.45) is 0 Å². The van der Waals surface area contributed by atoms with Gasteiger partial charge in [-0.3, -0.25) is 9.59 Å². The Morgan fingerprint density at radius 2 is 1.71 bits per heavy atom. The average molecular weight is 424 g/mol. The summed E-state index contributed by atoms with van der Waals surface area (Å²) in [6.45, 7) is 1.78. The smallest absolute Gasteiger partial charge is 0.339 e. The number of ether oxygens (including phenoxy) is 2. The molecule has 0 saturated carbocycles. The molecule has 0 aliphatic carbocycles. The Bertz CT molecular complexity index is 1170. The molecule has 8 nitrogen and oxygen atoms in total. The number of aryl methyl sites for hydroxylation is 1. The van der Waals surface area contributed by atoms with Crippen molar-refractivity contribution in [1.29, 1.82) is 0 Å². The summed E-state index contributed by atoms with van der Waals surface area (Å²) in [5, 5.41) is 6.26. The molecular formula is C23H24N2O6. The van der Waals surface area contributed by atoms with Crippen LogP contribution >= 0.6 is 0 Å². The number of anilines is 2. The molecule has 2 amide bonds. The van der Waals surface area contributed by atoms with Crippen molar-refractivity contribution in [2.75, 3.05) is 31.5 Å². The zero-order chi connectivity index (χ0) is 22.4. The summed E-state index contributed by atoms with van der Waals surface area (Å²) >= 11 is 0. The molecule has 1 heterocycles. The molecule has 3 rings (SSSR count). The molecule has 0 saturated heterocycles. The van der Waals surface area contributed by atoms with Gasteiger partial charge in [0.2, 0.25) is 11.8 Å². The summed E-state index contributed by atoms with van der Waals surface area (Å²) in [5.41, 5.74) is 2.31. The van der Waals surface area contributed by atoms with E-state index in [1.54, 1.807) is 43.5 Å². The molecule has 0 bridgehead atoms. The van der Waals surface area contributed by atoms with E-state index >= 15 is 0 Å². The van der Waals surface area contributed by atoms with E-state index in [4.69, 9.17) is 13.9 Å². The first-order valence-electron chi connectivity index (χ1n) is 9.70.